The van der Waals surface area contributed by atoms with Crippen molar-refractivity contribution in [3.05, 3.63) is 54.4 Å². The van der Waals surface area contributed by atoms with Crippen LogP contribution in [0.1, 0.15) is 12.8 Å². The molecule has 0 aliphatic heterocycles. The highest BCUT2D eigenvalue weighted by atomic mass is 16.5. The molecule has 1 amide bonds. The van der Waals surface area contributed by atoms with Crippen molar-refractivity contribution in [3.8, 4) is 28.6 Å². The van der Waals surface area contributed by atoms with Crippen molar-refractivity contribution >= 4 is 5.91 Å². The number of nitrogens with zero attached hydrogens (tertiary/aromatic N) is 3. The van der Waals surface area contributed by atoms with Crippen molar-refractivity contribution in [1.29, 1.82) is 0 Å². The molecule has 0 fully saturated rings. The van der Waals surface area contributed by atoms with E-state index in [-0.39, 0.29) is 12.5 Å². The molecular formula is C21H23N3O5. The van der Waals surface area contributed by atoms with E-state index in [1.807, 2.05) is 24.3 Å². The van der Waals surface area contributed by atoms with Gasteiger partial charge in [-0.25, -0.2) is 0 Å². The Balaban J connectivity index is 1.62. The van der Waals surface area contributed by atoms with Gasteiger partial charge in [-0.1, -0.05) is 23.4 Å². The molecule has 1 unspecified atom stereocenters. The minimum atomic E-state index is -0.687. The standard InChI is InChI=1S/C21H23N3O5/c1-14(28-18-10-6-9-17(12-18)27-4)21(25)24(2)13-19-22-20(23-29-19)15-7-5-8-16(11-15)26-3/h5-12,14H,13H2,1-4H3. The summed E-state index contributed by atoms with van der Waals surface area (Å²) in [7, 11) is 4.82. The Morgan fingerprint density at radius 2 is 1.72 bits per heavy atom. The normalized spacial score (nSPS) is 11.6. The van der Waals surface area contributed by atoms with Gasteiger partial charge in [0, 0.05) is 18.7 Å². The minimum absolute atomic E-state index is 0.168. The van der Waals surface area contributed by atoms with E-state index in [1.54, 1.807) is 52.5 Å². The molecule has 1 heterocycles. The molecule has 3 aromatic rings. The van der Waals surface area contributed by atoms with E-state index in [4.69, 9.17) is 18.7 Å². The lowest BCUT2D eigenvalue weighted by molar-refractivity contribution is -0.137. The molecule has 8 heteroatoms. The summed E-state index contributed by atoms with van der Waals surface area (Å²) in [6.45, 7) is 1.86. The number of aromatic nitrogens is 2. The van der Waals surface area contributed by atoms with Crippen molar-refractivity contribution in [1.82, 2.24) is 15.0 Å². The van der Waals surface area contributed by atoms with E-state index >= 15 is 0 Å². The van der Waals surface area contributed by atoms with E-state index in [0.29, 0.717) is 29.0 Å². The second-order valence-electron chi connectivity index (χ2n) is 6.38. The second-order valence-corrected chi connectivity index (χ2v) is 6.38. The van der Waals surface area contributed by atoms with Gasteiger partial charge in [0.25, 0.3) is 5.91 Å². The number of ether oxygens (including phenoxy) is 3. The van der Waals surface area contributed by atoms with Gasteiger partial charge in [0.05, 0.1) is 20.8 Å². The molecule has 0 radical (unpaired) electrons. The summed E-state index contributed by atoms with van der Waals surface area (Å²) < 4.78 is 21.4. The van der Waals surface area contributed by atoms with Crippen molar-refractivity contribution in [2.24, 2.45) is 0 Å². The van der Waals surface area contributed by atoms with Gasteiger partial charge in [0.1, 0.15) is 17.2 Å². The van der Waals surface area contributed by atoms with Crippen LogP contribution in [0.25, 0.3) is 11.4 Å². The van der Waals surface area contributed by atoms with Gasteiger partial charge in [0.2, 0.25) is 11.7 Å². The third-order valence-electron chi connectivity index (χ3n) is 4.25. The fraction of sp³-hybridized carbons (Fsp3) is 0.286. The molecule has 1 atom stereocenters. The zero-order valence-corrected chi connectivity index (χ0v) is 16.8. The molecule has 0 saturated carbocycles. The number of hydrogen-bond acceptors (Lipinski definition) is 7. The summed E-state index contributed by atoms with van der Waals surface area (Å²) in [5.74, 6) is 2.45. The average molecular weight is 397 g/mol. The smallest absolute Gasteiger partial charge is 0.263 e. The lowest BCUT2D eigenvalue weighted by Gasteiger charge is -2.20. The fourth-order valence-electron chi connectivity index (χ4n) is 2.72. The van der Waals surface area contributed by atoms with Crippen LogP contribution in [0.4, 0.5) is 0 Å². The SMILES string of the molecule is COc1cccc(OC(C)C(=O)N(C)Cc2nc(-c3cccc(OC)c3)no2)c1. The third-order valence-corrected chi connectivity index (χ3v) is 4.25. The van der Waals surface area contributed by atoms with E-state index in [9.17, 15) is 4.79 Å². The number of amides is 1. The largest absolute Gasteiger partial charge is 0.497 e. The molecule has 2 aromatic carbocycles. The zero-order valence-electron chi connectivity index (χ0n) is 16.8. The Morgan fingerprint density at radius 1 is 1.07 bits per heavy atom. The van der Waals surface area contributed by atoms with E-state index in [0.717, 1.165) is 5.56 Å². The molecule has 0 saturated heterocycles. The number of benzene rings is 2. The number of hydrogen-bond donors (Lipinski definition) is 0. The highest BCUT2D eigenvalue weighted by Gasteiger charge is 2.22. The molecule has 0 aliphatic rings. The van der Waals surface area contributed by atoms with Crippen LogP contribution in [0.15, 0.2) is 53.1 Å². The first-order valence-corrected chi connectivity index (χ1v) is 9.03. The predicted molar refractivity (Wildman–Crippen MR) is 106 cm³/mol. The summed E-state index contributed by atoms with van der Waals surface area (Å²) in [6, 6.07) is 14.4. The van der Waals surface area contributed by atoms with Crippen molar-refractivity contribution < 1.29 is 23.5 Å². The van der Waals surface area contributed by atoms with Gasteiger partial charge in [0.15, 0.2) is 6.10 Å². The van der Waals surface area contributed by atoms with Crippen LogP contribution in [0, 0.1) is 0 Å². The van der Waals surface area contributed by atoms with Crippen LogP contribution in [0.2, 0.25) is 0 Å². The minimum Gasteiger partial charge on any atom is -0.497 e. The Bertz CT molecular complexity index is 972. The predicted octanol–water partition coefficient (Wildman–Crippen LogP) is 3.18. The Kier molecular flexibility index (Phi) is 6.33. The van der Waals surface area contributed by atoms with Gasteiger partial charge < -0.3 is 23.6 Å². The van der Waals surface area contributed by atoms with Gasteiger partial charge in [-0.2, -0.15) is 4.98 Å². The number of likely N-dealkylation sites (N-methyl/N-ethyl adjacent to an activating group) is 1. The highest BCUT2D eigenvalue weighted by molar-refractivity contribution is 5.80. The Hall–Kier alpha value is -3.55. The topological polar surface area (TPSA) is 86.9 Å². The van der Waals surface area contributed by atoms with Gasteiger partial charge in [-0.3, -0.25) is 4.79 Å². The molecular weight excluding hydrogens is 374 g/mol. The van der Waals surface area contributed by atoms with Crippen LogP contribution < -0.4 is 14.2 Å². The van der Waals surface area contributed by atoms with Crippen molar-refractivity contribution in [2.45, 2.75) is 19.6 Å². The van der Waals surface area contributed by atoms with Crippen LogP contribution >= 0.6 is 0 Å². The zero-order chi connectivity index (χ0) is 20.8. The summed E-state index contributed by atoms with van der Waals surface area (Å²) in [6.07, 6.45) is -0.687. The fourth-order valence-corrected chi connectivity index (χ4v) is 2.72. The summed E-state index contributed by atoms with van der Waals surface area (Å²) in [5.41, 5.74) is 0.767. The maximum atomic E-state index is 12.6. The van der Waals surface area contributed by atoms with E-state index in [2.05, 4.69) is 10.1 Å². The molecule has 29 heavy (non-hydrogen) atoms. The Labute approximate surface area is 169 Å². The first-order valence-electron chi connectivity index (χ1n) is 9.03. The molecule has 3 rings (SSSR count). The van der Waals surface area contributed by atoms with Crippen LogP contribution in [-0.2, 0) is 11.3 Å². The summed E-state index contributed by atoms with van der Waals surface area (Å²) >= 11 is 0. The van der Waals surface area contributed by atoms with Crippen molar-refractivity contribution in [3.63, 3.8) is 0 Å². The van der Waals surface area contributed by atoms with Crippen molar-refractivity contribution in [2.75, 3.05) is 21.3 Å². The molecule has 8 nitrogen and oxygen atoms in total. The van der Waals surface area contributed by atoms with Crippen LogP contribution in [0.3, 0.4) is 0 Å². The third kappa shape index (κ3) is 5.04. The van der Waals surface area contributed by atoms with Gasteiger partial charge in [-0.15, -0.1) is 0 Å². The average Bonchev–Trinajstić information content (AvgIpc) is 3.21. The van der Waals surface area contributed by atoms with Gasteiger partial charge in [-0.05, 0) is 31.2 Å². The summed E-state index contributed by atoms with van der Waals surface area (Å²) in [4.78, 5) is 18.5. The monoisotopic (exact) mass is 397 g/mol. The van der Waals surface area contributed by atoms with E-state index in [1.165, 1.54) is 4.90 Å². The summed E-state index contributed by atoms with van der Waals surface area (Å²) in [5, 5.41) is 3.98. The molecule has 152 valence electrons. The second kappa shape index (κ2) is 9.09. The molecule has 1 aromatic heterocycles. The van der Waals surface area contributed by atoms with Crippen LogP contribution in [-0.4, -0.2) is 48.3 Å². The molecule has 0 aliphatic carbocycles. The molecule has 0 bridgehead atoms. The van der Waals surface area contributed by atoms with Crippen LogP contribution in [0.5, 0.6) is 17.2 Å². The number of carbonyl (C=O) groups excluding carboxylic acids is 1. The quantitative estimate of drug-likeness (QED) is 0.577. The van der Waals surface area contributed by atoms with Gasteiger partial charge >= 0.3 is 0 Å². The molecule has 0 spiro atoms. The lowest BCUT2D eigenvalue weighted by atomic mass is 10.2. The highest BCUT2D eigenvalue weighted by Crippen LogP contribution is 2.22. The first-order chi connectivity index (χ1) is 14.0. The Morgan fingerprint density at radius 3 is 2.45 bits per heavy atom. The number of rotatable bonds is 8. The number of carbonyl (C=O) groups is 1. The van der Waals surface area contributed by atoms with E-state index < -0.39 is 6.10 Å². The maximum Gasteiger partial charge on any atom is 0.263 e. The molecule has 0 N–H and O–H groups in total. The lowest BCUT2D eigenvalue weighted by Crippen LogP contribution is -2.37. The first kappa shape index (κ1) is 20.2. The number of methoxy groups -OCH3 is 2. The maximum absolute atomic E-state index is 12.6.